The molecule has 39 heavy (non-hydrogen) atoms. The predicted molar refractivity (Wildman–Crippen MR) is 139 cm³/mol. The summed E-state index contributed by atoms with van der Waals surface area (Å²) < 4.78 is 42.2. The molecule has 206 valence electrons. The van der Waals surface area contributed by atoms with Crippen molar-refractivity contribution in [1.29, 1.82) is 0 Å². The zero-order valence-corrected chi connectivity index (χ0v) is 22.0. The highest BCUT2D eigenvalue weighted by Crippen LogP contribution is 2.45. The third-order valence-corrected chi connectivity index (χ3v) is 7.91. The summed E-state index contributed by atoms with van der Waals surface area (Å²) in [7, 11) is 0. The van der Waals surface area contributed by atoms with Crippen LogP contribution in [0.2, 0.25) is 0 Å². The van der Waals surface area contributed by atoms with Gasteiger partial charge < -0.3 is 29.8 Å². The molecule has 3 aliphatic rings. The number of fused-ring (bicyclic) bond motifs is 3. The molecule has 1 aromatic carbocycles. The summed E-state index contributed by atoms with van der Waals surface area (Å²) in [6, 6.07) is 4.73. The summed E-state index contributed by atoms with van der Waals surface area (Å²) in [6.07, 6.45) is 1.27. The Morgan fingerprint density at radius 2 is 2.05 bits per heavy atom. The molecule has 6 rings (SSSR count). The molecular formula is C28H31F2N5O4. The minimum absolute atomic E-state index is 0.0308. The first kappa shape index (κ1) is 25.7. The second kappa shape index (κ2) is 9.27. The van der Waals surface area contributed by atoms with Crippen LogP contribution in [0.5, 0.6) is 0 Å². The quantitative estimate of drug-likeness (QED) is 0.442. The molecule has 0 saturated carbocycles. The number of aromatic nitrogens is 3. The number of nitrogens with zero attached hydrogens (tertiary/aromatic N) is 4. The smallest absolute Gasteiger partial charge is 0.407 e. The molecule has 11 heteroatoms. The van der Waals surface area contributed by atoms with Gasteiger partial charge in [-0.3, -0.25) is 0 Å². The van der Waals surface area contributed by atoms with Crippen molar-refractivity contribution in [3.63, 3.8) is 0 Å². The van der Waals surface area contributed by atoms with Crippen molar-refractivity contribution in [1.82, 2.24) is 19.4 Å². The van der Waals surface area contributed by atoms with E-state index in [2.05, 4.69) is 16.0 Å². The van der Waals surface area contributed by atoms with Gasteiger partial charge in [0.05, 0.1) is 11.4 Å². The molecule has 1 aliphatic carbocycles. The Morgan fingerprint density at radius 1 is 1.26 bits per heavy atom. The molecule has 2 aromatic heterocycles. The molecule has 1 saturated heterocycles. The summed E-state index contributed by atoms with van der Waals surface area (Å²) in [6.45, 7) is 6.04. The topological polar surface area (TPSA) is 116 Å². The van der Waals surface area contributed by atoms with E-state index in [1.54, 1.807) is 6.92 Å². The van der Waals surface area contributed by atoms with Gasteiger partial charge in [0.2, 0.25) is 0 Å². The number of hydrogen-bond acceptors (Lipinski definition) is 6. The maximum absolute atomic E-state index is 13.7. The van der Waals surface area contributed by atoms with Crippen molar-refractivity contribution in [2.75, 3.05) is 12.3 Å². The molecule has 1 amide bonds. The van der Waals surface area contributed by atoms with Gasteiger partial charge in [-0.25, -0.2) is 23.5 Å². The molecule has 0 spiro atoms. The van der Waals surface area contributed by atoms with Gasteiger partial charge in [-0.2, -0.15) is 0 Å². The standard InChI is InChI=1S/C28H31F2N5O4/c1-14-32-25(31)19-7-9-35(26(19)33-14)21-12-17(22-23(21)39-28(2,3)38-22)5-4-15-10-18(24(29)30)11-16-6-8-34(27(36)37)13-20(15)16/h7,9-12,21-24H,4-6,8,13H2,1-3H3,(H,36,37)(H2,31,32,33)/t21-,22-,23+/m1/s1. The number of hydrogen-bond donors (Lipinski definition) is 2. The van der Waals surface area contributed by atoms with Gasteiger partial charge >= 0.3 is 6.09 Å². The van der Waals surface area contributed by atoms with Crippen LogP contribution in [0.25, 0.3) is 11.0 Å². The molecule has 1 fully saturated rings. The molecule has 4 heterocycles. The van der Waals surface area contributed by atoms with Crippen molar-refractivity contribution in [3.8, 4) is 0 Å². The largest absolute Gasteiger partial charge is 0.465 e. The minimum Gasteiger partial charge on any atom is -0.465 e. The fourth-order valence-corrected chi connectivity index (χ4v) is 6.18. The van der Waals surface area contributed by atoms with Crippen LogP contribution >= 0.6 is 0 Å². The number of halogens is 2. The Bertz CT molecular complexity index is 1500. The Labute approximate surface area is 224 Å². The monoisotopic (exact) mass is 539 g/mol. The number of carbonyl (C=O) groups is 1. The Kier molecular flexibility index (Phi) is 6.11. The third-order valence-electron chi connectivity index (χ3n) is 7.91. The first-order valence-corrected chi connectivity index (χ1v) is 13.1. The molecule has 3 atom stereocenters. The number of amides is 1. The van der Waals surface area contributed by atoms with Crippen molar-refractivity contribution in [3.05, 3.63) is 64.1 Å². The Balaban J connectivity index is 1.34. The van der Waals surface area contributed by atoms with E-state index in [-0.39, 0.29) is 30.4 Å². The lowest BCUT2D eigenvalue weighted by molar-refractivity contribution is -0.147. The molecule has 0 radical (unpaired) electrons. The molecule has 0 bridgehead atoms. The second-order valence-corrected chi connectivity index (χ2v) is 10.9. The molecule has 3 N–H and O–H groups in total. The maximum atomic E-state index is 13.7. The van der Waals surface area contributed by atoms with Crippen LogP contribution in [0.1, 0.15) is 60.8 Å². The van der Waals surface area contributed by atoms with Crippen LogP contribution in [-0.4, -0.2) is 55.2 Å². The lowest BCUT2D eigenvalue weighted by Crippen LogP contribution is -2.35. The maximum Gasteiger partial charge on any atom is 0.407 e. The molecule has 9 nitrogen and oxygen atoms in total. The summed E-state index contributed by atoms with van der Waals surface area (Å²) in [5, 5.41) is 10.3. The average molecular weight is 540 g/mol. The highest BCUT2D eigenvalue weighted by Gasteiger charge is 2.50. The lowest BCUT2D eigenvalue weighted by atomic mass is 9.89. The number of alkyl halides is 2. The predicted octanol–water partition coefficient (Wildman–Crippen LogP) is 4.93. The second-order valence-electron chi connectivity index (χ2n) is 10.9. The van der Waals surface area contributed by atoms with Crippen molar-refractivity contribution < 1.29 is 28.2 Å². The van der Waals surface area contributed by atoms with E-state index in [1.165, 1.54) is 17.0 Å². The van der Waals surface area contributed by atoms with Gasteiger partial charge in [-0.1, -0.05) is 6.08 Å². The fraction of sp³-hybridized carbons (Fsp3) is 0.464. The van der Waals surface area contributed by atoms with Crippen molar-refractivity contribution in [2.45, 2.75) is 77.0 Å². The van der Waals surface area contributed by atoms with Gasteiger partial charge in [-0.15, -0.1) is 0 Å². The number of aryl methyl sites for hydroxylation is 2. The number of anilines is 1. The summed E-state index contributed by atoms with van der Waals surface area (Å²) in [4.78, 5) is 21.9. The number of nitrogens with two attached hydrogens (primary N) is 1. The van der Waals surface area contributed by atoms with Gasteiger partial charge in [0.1, 0.15) is 29.5 Å². The van der Waals surface area contributed by atoms with E-state index in [0.29, 0.717) is 43.1 Å². The number of rotatable bonds is 5. The van der Waals surface area contributed by atoms with Crippen LogP contribution in [0.4, 0.5) is 19.4 Å². The molecule has 2 aliphatic heterocycles. The molecular weight excluding hydrogens is 508 g/mol. The van der Waals surface area contributed by atoms with E-state index in [1.807, 2.05) is 30.7 Å². The van der Waals surface area contributed by atoms with E-state index in [0.717, 1.165) is 27.6 Å². The summed E-state index contributed by atoms with van der Waals surface area (Å²) in [5.74, 6) is 0.191. The van der Waals surface area contributed by atoms with E-state index >= 15 is 0 Å². The van der Waals surface area contributed by atoms with Crippen LogP contribution in [0, 0.1) is 6.92 Å². The van der Waals surface area contributed by atoms with E-state index < -0.39 is 18.3 Å². The third kappa shape index (κ3) is 4.53. The first-order chi connectivity index (χ1) is 18.5. The Morgan fingerprint density at radius 3 is 2.79 bits per heavy atom. The highest BCUT2D eigenvalue weighted by atomic mass is 19.3. The van der Waals surface area contributed by atoms with Gasteiger partial charge in [0.15, 0.2) is 5.79 Å². The average Bonchev–Trinajstić information content (AvgIpc) is 3.52. The van der Waals surface area contributed by atoms with Crippen LogP contribution in [-0.2, 0) is 28.9 Å². The first-order valence-electron chi connectivity index (χ1n) is 13.1. The van der Waals surface area contributed by atoms with Crippen molar-refractivity contribution in [2.24, 2.45) is 0 Å². The van der Waals surface area contributed by atoms with E-state index in [9.17, 15) is 18.7 Å². The molecule has 3 aromatic rings. The van der Waals surface area contributed by atoms with Gasteiger partial charge in [-0.05, 0) is 80.5 Å². The van der Waals surface area contributed by atoms with Gasteiger partial charge in [0, 0.05) is 24.8 Å². The van der Waals surface area contributed by atoms with Crippen LogP contribution in [0.3, 0.4) is 0 Å². The number of benzene rings is 1. The number of carboxylic acid groups (broad SMARTS) is 1. The van der Waals surface area contributed by atoms with Crippen LogP contribution < -0.4 is 5.73 Å². The molecule has 0 unspecified atom stereocenters. The SMILES string of the molecule is Cc1nc(N)c2ccn([C@@H]3C=C(CCc4cc(C(F)F)cc5c4CN(C(=O)O)CC5)[C@H]4OC(C)(C)O[C@H]43)c2n1. The lowest BCUT2D eigenvalue weighted by Gasteiger charge is -2.29. The summed E-state index contributed by atoms with van der Waals surface area (Å²) in [5.41, 5.74) is 10.2. The summed E-state index contributed by atoms with van der Waals surface area (Å²) >= 11 is 0. The Hall–Kier alpha value is -3.57. The minimum atomic E-state index is -2.60. The zero-order valence-electron chi connectivity index (χ0n) is 22.0. The normalized spacial score (nSPS) is 23.8. The number of nitrogen functional groups attached to an aromatic ring is 1. The zero-order chi connectivity index (χ0) is 27.6. The number of ether oxygens (including phenoxy) is 2. The van der Waals surface area contributed by atoms with Gasteiger partial charge in [0.25, 0.3) is 6.43 Å². The van der Waals surface area contributed by atoms with Crippen LogP contribution in [0.15, 0.2) is 36.0 Å². The highest BCUT2D eigenvalue weighted by molar-refractivity contribution is 5.86. The van der Waals surface area contributed by atoms with Crippen molar-refractivity contribution >= 4 is 22.9 Å². The van der Waals surface area contributed by atoms with E-state index in [4.69, 9.17) is 15.2 Å². The fourth-order valence-electron chi connectivity index (χ4n) is 6.18.